The summed E-state index contributed by atoms with van der Waals surface area (Å²) in [5, 5.41) is 0. The SMILES string of the molecule is CC[C@@H](N=C=O)c1ccc(C(F)(F)F)cc1. The molecule has 0 aliphatic heterocycles. The fraction of sp³-hybridized carbons (Fsp3) is 0.364. The first-order valence-corrected chi connectivity index (χ1v) is 4.73. The Morgan fingerprint density at radius 2 is 1.88 bits per heavy atom. The predicted octanol–water partition coefficient (Wildman–Crippen LogP) is 3.49. The zero-order valence-electron chi connectivity index (χ0n) is 8.58. The Bertz CT molecular complexity index is 391. The minimum absolute atomic E-state index is 0.417. The van der Waals surface area contributed by atoms with Gasteiger partial charge in [-0.3, -0.25) is 0 Å². The number of benzene rings is 1. The van der Waals surface area contributed by atoms with Gasteiger partial charge in [-0.15, -0.1) is 0 Å². The highest BCUT2D eigenvalue weighted by Crippen LogP contribution is 2.30. The average Bonchev–Trinajstić information content (AvgIpc) is 2.25. The molecule has 0 unspecified atom stereocenters. The van der Waals surface area contributed by atoms with Gasteiger partial charge in [0.25, 0.3) is 0 Å². The predicted molar refractivity (Wildman–Crippen MR) is 52.6 cm³/mol. The first kappa shape index (κ1) is 12.5. The van der Waals surface area contributed by atoms with Gasteiger partial charge < -0.3 is 0 Å². The molecule has 1 rings (SSSR count). The van der Waals surface area contributed by atoms with Crippen molar-refractivity contribution in [2.24, 2.45) is 4.99 Å². The zero-order chi connectivity index (χ0) is 12.2. The molecule has 5 heteroatoms. The van der Waals surface area contributed by atoms with Crippen molar-refractivity contribution in [3.63, 3.8) is 0 Å². The van der Waals surface area contributed by atoms with E-state index in [4.69, 9.17) is 0 Å². The Balaban J connectivity index is 2.98. The molecule has 0 bridgehead atoms. The van der Waals surface area contributed by atoms with Crippen LogP contribution in [0.1, 0.15) is 30.5 Å². The van der Waals surface area contributed by atoms with E-state index in [1.807, 2.05) is 0 Å². The number of carbonyl (C=O) groups excluding carboxylic acids is 1. The number of isocyanates is 1. The van der Waals surface area contributed by atoms with Crippen LogP contribution in [0.25, 0.3) is 0 Å². The van der Waals surface area contributed by atoms with E-state index in [1.165, 1.54) is 18.2 Å². The van der Waals surface area contributed by atoms with Crippen molar-refractivity contribution in [2.75, 3.05) is 0 Å². The topological polar surface area (TPSA) is 29.4 Å². The molecule has 0 saturated heterocycles. The lowest BCUT2D eigenvalue weighted by Crippen LogP contribution is -2.05. The molecule has 0 aliphatic rings. The molecule has 0 radical (unpaired) electrons. The van der Waals surface area contributed by atoms with Crippen LogP contribution in [0.5, 0.6) is 0 Å². The third-order valence-electron chi connectivity index (χ3n) is 2.22. The number of hydrogen-bond acceptors (Lipinski definition) is 2. The smallest absolute Gasteiger partial charge is 0.211 e. The molecule has 0 amide bonds. The summed E-state index contributed by atoms with van der Waals surface area (Å²) < 4.78 is 36.8. The van der Waals surface area contributed by atoms with Crippen molar-refractivity contribution >= 4 is 6.08 Å². The van der Waals surface area contributed by atoms with Crippen molar-refractivity contribution in [2.45, 2.75) is 25.6 Å². The van der Waals surface area contributed by atoms with Crippen LogP contribution in [0, 0.1) is 0 Å². The molecule has 1 aromatic carbocycles. The summed E-state index contributed by atoms with van der Waals surface area (Å²) in [5.41, 5.74) is -0.125. The van der Waals surface area contributed by atoms with Crippen LogP contribution < -0.4 is 0 Å². The Morgan fingerprint density at radius 3 is 2.25 bits per heavy atom. The molecule has 0 N–H and O–H groups in total. The monoisotopic (exact) mass is 229 g/mol. The lowest BCUT2D eigenvalue weighted by molar-refractivity contribution is -0.137. The average molecular weight is 229 g/mol. The first-order valence-electron chi connectivity index (χ1n) is 4.73. The second-order valence-electron chi connectivity index (χ2n) is 3.26. The molecule has 0 aromatic heterocycles. The van der Waals surface area contributed by atoms with E-state index in [0.29, 0.717) is 12.0 Å². The molecule has 16 heavy (non-hydrogen) atoms. The van der Waals surface area contributed by atoms with Crippen molar-refractivity contribution in [3.05, 3.63) is 35.4 Å². The van der Waals surface area contributed by atoms with Crippen LogP contribution in [0.15, 0.2) is 29.3 Å². The molecule has 0 saturated carbocycles. The van der Waals surface area contributed by atoms with E-state index in [2.05, 4.69) is 4.99 Å². The molecule has 1 aromatic rings. The number of hydrogen-bond donors (Lipinski definition) is 0. The van der Waals surface area contributed by atoms with Crippen LogP contribution in [-0.4, -0.2) is 6.08 Å². The molecule has 0 fully saturated rings. The van der Waals surface area contributed by atoms with Gasteiger partial charge in [0, 0.05) is 0 Å². The largest absolute Gasteiger partial charge is 0.416 e. The molecular weight excluding hydrogens is 219 g/mol. The first-order chi connectivity index (χ1) is 7.49. The summed E-state index contributed by atoms with van der Waals surface area (Å²) in [5.74, 6) is 0. The third kappa shape index (κ3) is 2.94. The fourth-order valence-electron chi connectivity index (χ4n) is 1.36. The van der Waals surface area contributed by atoms with Crippen LogP contribution >= 0.6 is 0 Å². The Hall–Kier alpha value is -1.61. The third-order valence-corrected chi connectivity index (χ3v) is 2.22. The molecule has 0 spiro atoms. The van der Waals surface area contributed by atoms with Gasteiger partial charge in [0.1, 0.15) is 0 Å². The highest BCUT2D eigenvalue weighted by Gasteiger charge is 2.30. The van der Waals surface area contributed by atoms with Gasteiger partial charge >= 0.3 is 6.18 Å². The second-order valence-corrected chi connectivity index (χ2v) is 3.26. The van der Waals surface area contributed by atoms with Gasteiger partial charge in [0.2, 0.25) is 6.08 Å². The van der Waals surface area contributed by atoms with Gasteiger partial charge in [-0.05, 0) is 24.1 Å². The van der Waals surface area contributed by atoms with E-state index in [-0.39, 0.29) is 0 Å². The Morgan fingerprint density at radius 1 is 1.31 bits per heavy atom. The minimum Gasteiger partial charge on any atom is -0.211 e. The standard InChI is InChI=1S/C11H10F3NO/c1-2-10(15-7-16)8-3-5-9(6-4-8)11(12,13)14/h3-6,10H,2H2,1H3/t10-/m1/s1. The number of alkyl halides is 3. The van der Waals surface area contributed by atoms with Crippen LogP contribution in [0.2, 0.25) is 0 Å². The minimum atomic E-state index is -4.34. The normalized spacial score (nSPS) is 13.0. The maximum absolute atomic E-state index is 12.3. The van der Waals surface area contributed by atoms with Crippen LogP contribution in [-0.2, 0) is 11.0 Å². The summed E-state index contributed by atoms with van der Waals surface area (Å²) in [6.07, 6.45) is -2.38. The number of halogens is 3. The van der Waals surface area contributed by atoms with E-state index in [9.17, 15) is 18.0 Å². The van der Waals surface area contributed by atoms with Gasteiger partial charge in [0.05, 0.1) is 11.6 Å². The molecule has 86 valence electrons. The van der Waals surface area contributed by atoms with Gasteiger partial charge in [0.15, 0.2) is 0 Å². The maximum atomic E-state index is 12.3. The van der Waals surface area contributed by atoms with Gasteiger partial charge in [-0.1, -0.05) is 19.1 Å². The highest BCUT2D eigenvalue weighted by atomic mass is 19.4. The number of aliphatic imine (C=N–C) groups is 1. The quantitative estimate of drug-likeness (QED) is 0.576. The summed E-state index contributed by atoms with van der Waals surface area (Å²) in [7, 11) is 0. The van der Waals surface area contributed by atoms with Gasteiger partial charge in [-0.25, -0.2) is 4.79 Å². The second kappa shape index (κ2) is 4.94. The Kier molecular flexibility index (Phi) is 3.85. The molecule has 1 atom stereocenters. The van der Waals surface area contributed by atoms with Crippen molar-refractivity contribution < 1.29 is 18.0 Å². The van der Waals surface area contributed by atoms with E-state index in [1.54, 1.807) is 6.92 Å². The zero-order valence-corrected chi connectivity index (χ0v) is 8.58. The lowest BCUT2D eigenvalue weighted by Gasteiger charge is -2.10. The van der Waals surface area contributed by atoms with Crippen molar-refractivity contribution in [1.29, 1.82) is 0 Å². The highest BCUT2D eigenvalue weighted by molar-refractivity contribution is 5.36. The van der Waals surface area contributed by atoms with E-state index >= 15 is 0 Å². The van der Waals surface area contributed by atoms with Crippen LogP contribution in [0.3, 0.4) is 0 Å². The summed E-state index contributed by atoms with van der Waals surface area (Å²) in [4.78, 5) is 13.6. The number of nitrogens with zero attached hydrogens (tertiary/aromatic N) is 1. The van der Waals surface area contributed by atoms with E-state index < -0.39 is 17.8 Å². The summed E-state index contributed by atoms with van der Waals surface area (Å²) in [6, 6.07) is 4.21. The molecule has 0 aliphatic carbocycles. The molecule has 0 heterocycles. The van der Waals surface area contributed by atoms with Crippen molar-refractivity contribution in [1.82, 2.24) is 0 Å². The molecule has 2 nitrogen and oxygen atoms in total. The molecular formula is C11H10F3NO. The fourth-order valence-corrected chi connectivity index (χ4v) is 1.36. The lowest BCUT2D eigenvalue weighted by atomic mass is 10.0. The summed E-state index contributed by atoms with van der Waals surface area (Å²) >= 11 is 0. The summed E-state index contributed by atoms with van der Waals surface area (Å²) in [6.45, 7) is 1.79. The maximum Gasteiger partial charge on any atom is 0.416 e. The van der Waals surface area contributed by atoms with Gasteiger partial charge in [-0.2, -0.15) is 18.2 Å². The van der Waals surface area contributed by atoms with Crippen LogP contribution in [0.4, 0.5) is 13.2 Å². The number of rotatable bonds is 3. The Labute approximate surface area is 90.8 Å². The van der Waals surface area contributed by atoms with Crippen molar-refractivity contribution in [3.8, 4) is 0 Å². The van der Waals surface area contributed by atoms with E-state index in [0.717, 1.165) is 12.1 Å².